The fourth-order valence-electron chi connectivity index (χ4n) is 0.879. The number of benzene rings is 1. The van der Waals surface area contributed by atoms with Crippen LogP contribution in [0.15, 0.2) is 18.2 Å². The quantitative estimate of drug-likeness (QED) is 0.322. The third kappa shape index (κ3) is 3.13. The molecule has 6 N–H and O–H groups in total. The zero-order chi connectivity index (χ0) is 12.7. The number of nitrogens with one attached hydrogen (secondary N) is 1. The standard InChI is InChI=1S/C6H5N3O5.H4N2/c10-7-5-2-1-4(8(11)12)3-6(5)9(13)14;1-2/h1-3,7,10H;1-2H2. The number of nitrogens with two attached hydrogens (primary N) is 2. The number of hydrogen-bond donors (Lipinski definition) is 4. The van der Waals surface area contributed by atoms with Crippen molar-refractivity contribution in [3.8, 4) is 0 Å². The van der Waals surface area contributed by atoms with Gasteiger partial charge in [-0.15, -0.1) is 0 Å². The van der Waals surface area contributed by atoms with Crippen LogP contribution in [0.1, 0.15) is 0 Å². The minimum absolute atomic E-state index is 0.194. The zero-order valence-corrected chi connectivity index (χ0v) is 7.86. The minimum atomic E-state index is -0.828. The predicted molar refractivity (Wildman–Crippen MR) is 53.5 cm³/mol. The molecular formula is C6H9N5O5. The van der Waals surface area contributed by atoms with Gasteiger partial charge in [0, 0.05) is 6.07 Å². The lowest BCUT2D eigenvalue weighted by Crippen LogP contribution is -2.02. The molecule has 10 heteroatoms. The Labute approximate surface area is 88.7 Å². The van der Waals surface area contributed by atoms with Crippen LogP contribution < -0.4 is 17.2 Å². The largest absolute Gasteiger partial charge is 0.301 e. The Kier molecular flexibility index (Phi) is 5.34. The van der Waals surface area contributed by atoms with Crippen molar-refractivity contribution in [1.29, 1.82) is 0 Å². The molecule has 0 saturated carbocycles. The minimum Gasteiger partial charge on any atom is -0.291 e. The number of hydrazine groups is 1. The van der Waals surface area contributed by atoms with Crippen LogP contribution in [0.25, 0.3) is 0 Å². The second kappa shape index (κ2) is 6.23. The second-order valence-electron chi connectivity index (χ2n) is 2.33. The molecule has 0 unspecified atom stereocenters. The summed E-state index contributed by atoms with van der Waals surface area (Å²) in [6, 6.07) is 2.86. The topological polar surface area (TPSA) is 171 Å². The SMILES string of the molecule is NN.O=[N+]([O-])c1ccc(NO)c([N+](=O)[O-])c1. The molecular weight excluding hydrogens is 222 g/mol. The van der Waals surface area contributed by atoms with E-state index in [4.69, 9.17) is 5.21 Å². The monoisotopic (exact) mass is 231 g/mol. The highest BCUT2D eigenvalue weighted by atomic mass is 16.6. The van der Waals surface area contributed by atoms with Crippen molar-refractivity contribution in [3.63, 3.8) is 0 Å². The molecule has 0 bridgehead atoms. The molecule has 0 aliphatic rings. The first kappa shape index (κ1) is 13.7. The molecule has 0 heterocycles. The van der Waals surface area contributed by atoms with Gasteiger partial charge in [0.25, 0.3) is 5.69 Å². The molecule has 1 rings (SSSR count). The van der Waals surface area contributed by atoms with Crippen molar-refractivity contribution in [1.82, 2.24) is 0 Å². The van der Waals surface area contributed by atoms with E-state index in [9.17, 15) is 20.2 Å². The first-order valence-corrected chi connectivity index (χ1v) is 3.72. The van der Waals surface area contributed by atoms with Crippen molar-refractivity contribution < 1.29 is 15.1 Å². The molecule has 1 aromatic rings. The summed E-state index contributed by atoms with van der Waals surface area (Å²) in [6.45, 7) is 0. The fraction of sp³-hybridized carbons (Fsp3) is 0. The lowest BCUT2D eigenvalue weighted by atomic mass is 10.2. The molecule has 1 aromatic carbocycles. The molecule has 0 aliphatic carbocycles. The number of nitrogens with zero attached hydrogens (tertiary/aromatic N) is 2. The first-order chi connectivity index (χ1) is 7.56. The zero-order valence-electron chi connectivity index (χ0n) is 7.86. The molecule has 0 atom stereocenters. The molecule has 0 spiro atoms. The van der Waals surface area contributed by atoms with E-state index < -0.39 is 21.2 Å². The van der Waals surface area contributed by atoms with Crippen LogP contribution in [0.4, 0.5) is 17.1 Å². The summed E-state index contributed by atoms with van der Waals surface area (Å²) in [6.07, 6.45) is 0. The Morgan fingerprint density at radius 3 is 2.12 bits per heavy atom. The normalized spacial score (nSPS) is 8.69. The molecule has 88 valence electrons. The smallest absolute Gasteiger partial charge is 0.291 e. The average molecular weight is 231 g/mol. The molecule has 10 nitrogen and oxygen atoms in total. The maximum absolute atomic E-state index is 10.4. The summed E-state index contributed by atoms with van der Waals surface area (Å²) in [4.78, 5) is 19.1. The third-order valence-electron chi connectivity index (χ3n) is 1.51. The summed E-state index contributed by atoms with van der Waals surface area (Å²) < 4.78 is 0. The van der Waals surface area contributed by atoms with Gasteiger partial charge in [-0.1, -0.05) is 0 Å². The summed E-state index contributed by atoms with van der Waals surface area (Å²) >= 11 is 0. The third-order valence-corrected chi connectivity index (χ3v) is 1.51. The van der Waals surface area contributed by atoms with Gasteiger partial charge >= 0.3 is 5.69 Å². The second-order valence-corrected chi connectivity index (χ2v) is 2.33. The lowest BCUT2D eigenvalue weighted by Gasteiger charge is -1.99. The van der Waals surface area contributed by atoms with Gasteiger partial charge < -0.3 is 0 Å². The van der Waals surface area contributed by atoms with Gasteiger partial charge in [0.05, 0.1) is 15.9 Å². The number of rotatable bonds is 3. The Balaban J connectivity index is 0.00000106. The van der Waals surface area contributed by atoms with Gasteiger partial charge in [-0.25, -0.2) is 0 Å². The van der Waals surface area contributed by atoms with Crippen LogP contribution >= 0.6 is 0 Å². The van der Waals surface area contributed by atoms with Gasteiger partial charge in [-0.3, -0.25) is 42.6 Å². The number of hydrogen-bond acceptors (Lipinski definition) is 8. The summed E-state index contributed by atoms with van der Waals surface area (Å²) in [5.74, 6) is 8.00. The van der Waals surface area contributed by atoms with E-state index in [1.807, 2.05) is 0 Å². The number of nitro benzene ring substituents is 2. The van der Waals surface area contributed by atoms with Crippen molar-refractivity contribution in [3.05, 3.63) is 38.4 Å². The highest BCUT2D eigenvalue weighted by Crippen LogP contribution is 2.28. The Morgan fingerprint density at radius 1 is 1.19 bits per heavy atom. The predicted octanol–water partition coefficient (Wildman–Crippen LogP) is 0.123. The molecule has 0 fully saturated rings. The van der Waals surface area contributed by atoms with E-state index in [-0.39, 0.29) is 5.69 Å². The molecule has 0 aliphatic heterocycles. The summed E-state index contributed by atoms with van der Waals surface area (Å²) in [5, 5.41) is 29.1. The number of anilines is 1. The lowest BCUT2D eigenvalue weighted by molar-refractivity contribution is -0.393. The van der Waals surface area contributed by atoms with Gasteiger partial charge in [0.2, 0.25) is 0 Å². The molecule has 0 radical (unpaired) electrons. The van der Waals surface area contributed by atoms with Crippen molar-refractivity contribution in [2.24, 2.45) is 11.7 Å². The maximum Gasteiger partial charge on any atom is 0.301 e. The van der Waals surface area contributed by atoms with E-state index in [0.29, 0.717) is 0 Å². The van der Waals surface area contributed by atoms with Crippen molar-refractivity contribution in [2.45, 2.75) is 0 Å². The van der Waals surface area contributed by atoms with Crippen LogP contribution in [-0.2, 0) is 0 Å². The van der Waals surface area contributed by atoms with Gasteiger partial charge in [-0.2, -0.15) is 0 Å². The summed E-state index contributed by atoms with van der Waals surface area (Å²) in [5.41, 5.74) is 0.424. The van der Waals surface area contributed by atoms with Crippen LogP contribution in [0, 0.1) is 20.2 Å². The van der Waals surface area contributed by atoms with E-state index in [1.54, 1.807) is 5.48 Å². The molecule has 16 heavy (non-hydrogen) atoms. The molecule has 0 saturated heterocycles. The Hall–Kier alpha value is -2.30. The first-order valence-electron chi connectivity index (χ1n) is 3.72. The van der Waals surface area contributed by atoms with Crippen LogP contribution in [0.5, 0.6) is 0 Å². The maximum atomic E-state index is 10.4. The van der Waals surface area contributed by atoms with Gasteiger partial charge in [0.15, 0.2) is 0 Å². The average Bonchev–Trinajstić information content (AvgIpc) is 2.30. The van der Waals surface area contributed by atoms with Crippen molar-refractivity contribution in [2.75, 3.05) is 5.48 Å². The highest BCUT2D eigenvalue weighted by Gasteiger charge is 2.18. The van der Waals surface area contributed by atoms with Gasteiger partial charge in [0.1, 0.15) is 5.69 Å². The highest BCUT2D eigenvalue weighted by molar-refractivity contribution is 5.64. The number of non-ortho nitro benzene ring substituents is 1. The Bertz CT molecular complexity index is 395. The van der Waals surface area contributed by atoms with Crippen molar-refractivity contribution >= 4 is 17.1 Å². The van der Waals surface area contributed by atoms with Gasteiger partial charge in [-0.05, 0) is 6.07 Å². The summed E-state index contributed by atoms with van der Waals surface area (Å²) in [7, 11) is 0. The fourth-order valence-corrected chi connectivity index (χ4v) is 0.879. The van der Waals surface area contributed by atoms with Crippen LogP contribution in [-0.4, -0.2) is 15.1 Å². The Morgan fingerprint density at radius 2 is 1.75 bits per heavy atom. The van der Waals surface area contributed by atoms with E-state index in [2.05, 4.69) is 11.7 Å². The number of nitro groups is 2. The van der Waals surface area contributed by atoms with E-state index in [0.717, 1.165) is 18.2 Å². The molecule has 0 amide bonds. The van der Waals surface area contributed by atoms with E-state index >= 15 is 0 Å². The molecule has 0 aromatic heterocycles. The van der Waals surface area contributed by atoms with E-state index in [1.165, 1.54) is 0 Å². The van der Waals surface area contributed by atoms with Crippen LogP contribution in [0.3, 0.4) is 0 Å². The van der Waals surface area contributed by atoms with Crippen LogP contribution in [0.2, 0.25) is 0 Å².